The number of thioether (sulfide) groups is 1. The molecule has 1 saturated heterocycles. The molecule has 0 atom stereocenters. The second kappa shape index (κ2) is 7.81. The summed E-state index contributed by atoms with van der Waals surface area (Å²) in [6, 6.07) is 3.92. The first-order valence-corrected chi connectivity index (χ1v) is 8.68. The molecule has 1 amide bonds. The van der Waals surface area contributed by atoms with Crippen LogP contribution in [0.5, 0.6) is 5.75 Å². The lowest BCUT2D eigenvalue weighted by molar-refractivity contribution is -0.137. The maximum absolute atomic E-state index is 12.5. The third-order valence-corrected chi connectivity index (χ3v) is 5.01. The van der Waals surface area contributed by atoms with Crippen LogP contribution in [0.4, 0.5) is 0 Å². The van der Waals surface area contributed by atoms with E-state index in [0.29, 0.717) is 22.2 Å². The van der Waals surface area contributed by atoms with Crippen molar-refractivity contribution in [1.82, 2.24) is 4.90 Å². The van der Waals surface area contributed by atoms with Gasteiger partial charge in [-0.1, -0.05) is 24.0 Å². The number of benzene rings is 1. The molecule has 24 heavy (non-hydrogen) atoms. The Kier molecular flexibility index (Phi) is 6.01. The second-order valence-corrected chi connectivity index (χ2v) is 7.19. The van der Waals surface area contributed by atoms with E-state index in [1.165, 1.54) is 16.7 Å². The van der Waals surface area contributed by atoms with Crippen LogP contribution in [0, 0.1) is 13.8 Å². The first-order valence-electron chi connectivity index (χ1n) is 7.46. The van der Waals surface area contributed by atoms with Crippen molar-refractivity contribution in [3.05, 3.63) is 33.7 Å². The van der Waals surface area contributed by atoms with Crippen molar-refractivity contribution in [2.75, 3.05) is 13.7 Å². The molecule has 128 valence electrons. The van der Waals surface area contributed by atoms with E-state index in [0.717, 1.165) is 22.4 Å². The zero-order valence-corrected chi connectivity index (χ0v) is 15.4. The molecule has 7 heteroatoms. The van der Waals surface area contributed by atoms with Gasteiger partial charge < -0.3 is 9.84 Å². The van der Waals surface area contributed by atoms with Crippen molar-refractivity contribution in [1.29, 1.82) is 0 Å². The lowest BCUT2D eigenvalue weighted by Crippen LogP contribution is -2.29. The average molecular weight is 365 g/mol. The molecule has 1 N–H and O–H groups in total. The average Bonchev–Trinajstić information content (AvgIpc) is 2.74. The van der Waals surface area contributed by atoms with Gasteiger partial charge in [-0.2, -0.15) is 0 Å². The van der Waals surface area contributed by atoms with Crippen LogP contribution in [-0.2, 0) is 9.59 Å². The molecule has 1 heterocycles. The smallest absolute Gasteiger partial charge is 0.303 e. The van der Waals surface area contributed by atoms with Gasteiger partial charge in [-0.3, -0.25) is 14.5 Å². The number of nitrogens with zero attached hydrogens (tertiary/aromatic N) is 1. The normalized spacial score (nSPS) is 16.1. The Labute approximate surface area is 150 Å². The van der Waals surface area contributed by atoms with Gasteiger partial charge >= 0.3 is 5.97 Å². The first kappa shape index (κ1) is 18.5. The molecule has 2 rings (SSSR count). The number of ether oxygens (including phenoxy) is 1. The molecular formula is C17H19NO4S2. The molecule has 0 spiro atoms. The Morgan fingerprint density at radius 1 is 1.38 bits per heavy atom. The summed E-state index contributed by atoms with van der Waals surface area (Å²) in [6.07, 6.45) is 2.22. The van der Waals surface area contributed by atoms with Crippen molar-refractivity contribution in [2.45, 2.75) is 26.7 Å². The van der Waals surface area contributed by atoms with Crippen molar-refractivity contribution < 1.29 is 19.4 Å². The van der Waals surface area contributed by atoms with Crippen LogP contribution in [0.2, 0.25) is 0 Å². The number of carboxylic acids is 1. The number of thiocarbonyl (C=S) groups is 1. The molecule has 5 nitrogen and oxygen atoms in total. The van der Waals surface area contributed by atoms with Gasteiger partial charge in [-0.25, -0.2) is 0 Å². The van der Waals surface area contributed by atoms with E-state index in [-0.39, 0.29) is 12.3 Å². The van der Waals surface area contributed by atoms with Crippen LogP contribution < -0.4 is 4.74 Å². The Morgan fingerprint density at radius 2 is 2.00 bits per heavy atom. The Hall–Kier alpha value is -1.86. The Morgan fingerprint density at radius 3 is 2.54 bits per heavy atom. The highest BCUT2D eigenvalue weighted by Crippen LogP contribution is 2.34. The summed E-state index contributed by atoms with van der Waals surface area (Å²) in [7, 11) is 1.64. The molecule has 0 bridgehead atoms. The summed E-state index contributed by atoms with van der Waals surface area (Å²) in [4.78, 5) is 25.1. The molecule has 1 aromatic rings. The van der Waals surface area contributed by atoms with Gasteiger partial charge in [0, 0.05) is 13.0 Å². The van der Waals surface area contributed by atoms with E-state index < -0.39 is 5.97 Å². The summed E-state index contributed by atoms with van der Waals surface area (Å²) >= 11 is 6.49. The fraction of sp³-hybridized carbons (Fsp3) is 0.353. The number of aliphatic carboxylic acids is 1. The summed E-state index contributed by atoms with van der Waals surface area (Å²) in [5.41, 5.74) is 2.92. The monoisotopic (exact) mass is 365 g/mol. The molecule has 1 aliphatic rings. The predicted molar refractivity (Wildman–Crippen MR) is 99.2 cm³/mol. The third-order valence-electron chi connectivity index (χ3n) is 3.63. The molecule has 0 aliphatic carbocycles. The van der Waals surface area contributed by atoms with Gasteiger partial charge in [0.25, 0.3) is 5.91 Å². The van der Waals surface area contributed by atoms with Gasteiger partial charge in [0.1, 0.15) is 10.1 Å². The van der Waals surface area contributed by atoms with Gasteiger partial charge in [-0.15, -0.1) is 0 Å². The summed E-state index contributed by atoms with van der Waals surface area (Å²) in [5.74, 6) is -0.199. The molecular weight excluding hydrogens is 346 g/mol. The fourth-order valence-corrected chi connectivity index (χ4v) is 3.93. The van der Waals surface area contributed by atoms with E-state index in [9.17, 15) is 9.59 Å². The Balaban J connectivity index is 2.18. The van der Waals surface area contributed by atoms with Crippen molar-refractivity contribution >= 4 is 46.3 Å². The molecule has 1 fully saturated rings. The number of aryl methyl sites for hydroxylation is 2. The minimum atomic E-state index is -0.875. The topological polar surface area (TPSA) is 66.8 Å². The molecule has 1 aromatic carbocycles. The largest absolute Gasteiger partial charge is 0.496 e. The number of carbonyl (C=O) groups is 2. The number of amides is 1. The summed E-state index contributed by atoms with van der Waals surface area (Å²) in [6.45, 7) is 4.25. The lowest BCUT2D eigenvalue weighted by atomic mass is 10.1. The predicted octanol–water partition coefficient (Wildman–Crippen LogP) is 3.38. The van der Waals surface area contributed by atoms with Crippen LogP contribution in [0.1, 0.15) is 29.5 Å². The maximum Gasteiger partial charge on any atom is 0.303 e. The number of hydrogen-bond donors (Lipinski definition) is 1. The zero-order valence-electron chi connectivity index (χ0n) is 13.8. The Bertz CT molecular complexity index is 704. The molecule has 0 saturated carbocycles. The number of methoxy groups -OCH3 is 1. The highest BCUT2D eigenvalue weighted by atomic mass is 32.2. The number of rotatable bonds is 6. The van der Waals surface area contributed by atoms with Gasteiger partial charge in [0.2, 0.25) is 0 Å². The number of carbonyl (C=O) groups excluding carboxylic acids is 1. The van der Waals surface area contributed by atoms with Crippen LogP contribution in [0.3, 0.4) is 0 Å². The standard InChI is InChI=1S/C17H19NO4S2/c1-10-7-12(8-11(2)15(10)22-3)9-13-16(21)18(17(23)24-13)6-4-5-14(19)20/h7-9H,4-6H2,1-3H3,(H,19,20). The maximum atomic E-state index is 12.5. The zero-order chi connectivity index (χ0) is 17.9. The minimum absolute atomic E-state index is 0.0208. The second-order valence-electron chi connectivity index (χ2n) is 5.52. The number of hydrogen-bond acceptors (Lipinski definition) is 5. The van der Waals surface area contributed by atoms with Crippen molar-refractivity contribution in [2.24, 2.45) is 0 Å². The highest BCUT2D eigenvalue weighted by molar-refractivity contribution is 8.26. The quantitative estimate of drug-likeness (QED) is 0.616. The summed E-state index contributed by atoms with van der Waals surface area (Å²) < 4.78 is 5.82. The van der Waals surface area contributed by atoms with Crippen LogP contribution >= 0.6 is 24.0 Å². The molecule has 0 aromatic heterocycles. The highest BCUT2D eigenvalue weighted by Gasteiger charge is 2.31. The molecule has 0 unspecified atom stereocenters. The fourth-order valence-electron chi connectivity index (χ4n) is 2.62. The van der Waals surface area contributed by atoms with Crippen molar-refractivity contribution in [3.63, 3.8) is 0 Å². The molecule has 1 aliphatic heterocycles. The summed E-state index contributed by atoms with van der Waals surface area (Å²) in [5, 5.41) is 8.70. The first-order chi connectivity index (χ1) is 11.3. The van der Waals surface area contributed by atoms with Crippen molar-refractivity contribution in [3.8, 4) is 5.75 Å². The van der Waals surface area contributed by atoms with Crippen LogP contribution in [-0.4, -0.2) is 39.9 Å². The van der Waals surface area contributed by atoms with Gasteiger partial charge in [-0.05, 0) is 55.2 Å². The third kappa shape index (κ3) is 4.15. The SMILES string of the molecule is COc1c(C)cc(C=C2SC(=S)N(CCCC(=O)O)C2=O)cc1C. The lowest BCUT2D eigenvalue weighted by Gasteiger charge is -2.13. The van der Waals surface area contributed by atoms with E-state index in [2.05, 4.69) is 0 Å². The van der Waals surface area contributed by atoms with E-state index in [1.807, 2.05) is 32.1 Å². The van der Waals surface area contributed by atoms with E-state index in [1.54, 1.807) is 7.11 Å². The van der Waals surface area contributed by atoms with E-state index >= 15 is 0 Å². The minimum Gasteiger partial charge on any atom is -0.496 e. The van der Waals surface area contributed by atoms with Crippen LogP contribution in [0.25, 0.3) is 6.08 Å². The number of carboxylic acid groups (broad SMARTS) is 1. The molecule has 0 radical (unpaired) electrons. The van der Waals surface area contributed by atoms with Crippen LogP contribution in [0.15, 0.2) is 17.0 Å². The van der Waals surface area contributed by atoms with E-state index in [4.69, 9.17) is 22.1 Å². The van der Waals surface area contributed by atoms with Gasteiger partial charge in [0.15, 0.2) is 0 Å². The van der Waals surface area contributed by atoms with Gasteiger partial charge in [0.05, 0.1) is 12.0 Å².